The van der Waals surface area contributed by atoms with Crippen LogP contribution in [0.2, 0.25) is 0 Å². The van der Waals surface area contributed by atoms with E-state index < -0.39 is 12.1 Å². The summed E-state index contributed by atoms with van der Waals surface area (Å²) in [5.41, 5.74) is 3.25. The molecule has 0 radical (unpaired) electrons. The smallest absolute Gasteiger partial charge is 0.339 e. The second kappa shape index (κ2) is 9.14. The summed E-state index contributed by atoms with van der Waals surface area (Å²) in [6, 6.07) is 22.0. The number of benzene rings is 3. The zero-order valence-corrected chi connectivity index (χ0v) is 18.3. The Morgan fingerprint density at radius 3 is 2.52 bits per heavy atom. The topological polar surface area (TPSA) is 84.1 Å². The summed E-state index contributed by atoms with van der Waals surface area (Å²) in [7, 11) is 0. The van der Waals surface area contributed by atoms with E-state index in [4.69, 9.17) is 4.74 Å². The molecule has 6 nitrogen and oxygen atoms in total. The number of aromatic amines is 1. The Bertz CT molecular complexity index is 1220. The fourth-order valence-electron chi connectivity index (χ4n) is 3.24. The van der Waals surface area contributed by atoms with Crippen LogP contribution in [0.15, 0.2) is 77.3 Å². The van der Waals surface area contributed by atoms with E-state index in [1.54, 1.807) is 31.2 Å². The Hall–Kier alpha value is -3.45. The van der Waals surface area contributed by atoms with Crippen LogP contribution in [0.4, 0.5) is 5.69 Å². The molecule has 31 heavy (non-hydrogen) atoms. The number of nitrogens with zero attached hydrogens (tertiary/aromatic N) is 1. The third-order valence-corrected chi connectivity index (χ3v) is 5.53. The lowest BCUT2D eigenvalue weighted by molar-refractivity contribution is -0.124. The zero-order valence-electron chi connectivity index (χ0n) is 16.8. The van der Waals surface area contributed by atoms with Crippen LogP contribution in [-0.2, 0) is 9.53 Å². The molecular formula is C24H20BrN3O3. The number of halogens is 1. The Morgan fingerprint density at radius 1 is 1.03 bits per heavy atom. The number of carbonyl (C=O) groups excluding carboxylic acids is 2. The highest BCUT2D eigenvalue weighted by atomic mass is 79.9. The summed E-state index contributed by atoms with van der Waals surface area (Å²) in [6.45, 7) is 1.79. The highest BCUT2D eigenvalue weighted by Crippen LogP contribution is 2.26. The number of imidazole rings is 1. The van der Waals surface area contributed by atoms with Crippen LogP contribution in [0.1, 0.15) is 23.7 Å². The van der Waals surface area contributed by atoms with Crippen LogP contribution in [0.3, 0.4) is 0 Å². The second-order valence-corrected chi connectivity index (χ2v) is 7.77. The molecule has 0 saturated carbocycles. The molecule has 1 unspecified atom stereocenters. The van der Waals surface area contributed by atoms with Crippen molar-refractivity contribution in [3.05, 3.63) is 82.8 Å². The average Bonchev–Trinajstić information content (AvgIpc) is 3.23. The molecule has 1 atom stereocenters. The van der Waals surface area contributed by atoms with Gasteiger partial charge in [0, 0.05) is 10.0 Å². The molecule has 1 heterocycles. The lowest BCUT2D eigenvalue weighted by atomic mass is 10.1. The monoisotopic (exact) mass is 477 g/mol. The molecule has 0 aliphatic rings. The maximum atomic E-state index is 13.0. The van der Waals surface area contributed by atoms with E-state index in [0.717, 1.165) is 15.5 Å². The number of rotatable bonds is 6. The SMILES string of the molecule is CCC(OC(=O)c1ccccc1-c1nc2ccccc2[nH]1)C(=O)Nc1ccccc1Br. The molecule has 0 aliphatic carbocycles. The van der Waals surface area contributed by atoms with Gasteiger partial charge in [0.25, 0.3) is 5.91 Å². The van der Waals surface area contributed by atoms with Crippen molar-refractivity contribution in [3.63, 3.8) is 0 Å². The quantitative estimate of drug-likeness (QED) is 0.355. The lowest BCUT2D eigenvalue weighted by Gasteiger charge is -2.17. The first-order valence-electron chi connectivity index (χ1n) is 9.87. The molecule has 0 aliphatic heterocycles. The number of nitrogens with one attached hydrogen (secondary N) is 2. The third kappa shape index (κ3) is 4.51. The lowest BCUT2D eigenvalue weighted by Crippen LogP contribution is -2.32. The molecule has 4 rings (SSSR count). The average molecular weight is 478 g/mol. The van der Waals surface area contributed by atoms with Gasteiger partial charge in [0.15, 0.2) is 6.10 Å². The normalized spacial score (nSPS) is 11.8. The van der Waals surface area contributed by atoms with E-state index in [2.05, 4.69) is 31.2 Å². The van der Waals surface area contributed by atoms with Crippen molar-refractivity contribution < 1.29 is 14.3 Å². The molecule has 4 aromatic rings. The molecule has 2 N–H and O–H groups in total. The third-order valence-electron chi connectivity index (χ3n) is 4.84. The van der Waals surface area contributed by atoms with Crippen LogP contribution in [0.5, 0.6) is 0 Å². The van der Waals surface area contributed by atoms with Crippen molar-refractivity contribution in [2.45, 2.75) is 19.4 Å². The first-order valence-corrected chi connectivity index (χ1v) is 10.7. The Kier molecular flexibility index (Phi) is 6.13. The van der Waals surface area contributed by atoms with Crippen molar-refractivity contribution in [2.24, 2.45) is 0 Å². The van der Waals surface area contributed by atoms with Crippen molar-refractivity contribution in [1.82, 2.24) is 9.97 Å². The number of H-pyrrole nitrogens is 1. The molecule has 156 valence electrons. The predicted octanol–water partition coefficient (Wildman–Crippen LogP) is 5.57. The highest BCUT2D eigenvalue weighted by molar-refractivity contribution is 9.10. The summed E-state index contributed by atoms with van der Waals surface area (Å²) in [4.78, 5) is 33.5. The molecule has 0 bridgehead atoms. The second-order valence-electron chi connectivity index (χ2n) is 6.92. The summed E-state index contributed by atoms with van der Waals surface area (Å²) < 4.78 is 6.34. The fourth-order valence-corrected chi connectivity index (χ4v) is 3.62. The Labute approximate surface area is 187 Å². The minimum Gasteiger partial charge on any atom is -0.449 e. The Morgan fingerprint density at radius 2 is 1.74 bits per heavy atom. The fraction of sp³-hybridized carbons (Fsp3) is 0.125. The Balaban J connectivity index is 1.56. The van der Waals surface area contributed by atoms with Crippen molar-refractivity contribution in [1.29, 1.82) is 0 Å². The molecule has 0 fully saturated rings. The van der Waals surface area contributed by atoms with E-state index in [-0.39, 0.29) is 5.91 Å². The van der Waals surface area contributed by atoms with E-state index in [0.29, 0.717) is 29.1 Å². The molecule has 7 heteroatoms. The van der Waals surface area contributed by atoms with E-state index >= 15 is 0 Å². The first kappa shape index (κ1) is 20.8. The minimum absolute atomic E-state index is 0.341. The van der Waals surface area contributed by atoms with Gasteiger partial charge in [0.1, 0.15) is 5.82 Å². The van der Waals surface area contributed by atoms with Gasteiger partial charge in [0.2, 0.25) is 0 Å². The number of hydrogen-bond acceptors (Lipinski definition) is 4. The number of para-hydroxylation sites is 3. The predicted molar refractivity (Wildman–Crippen MR) is 124 cm³/mol. The number of ether oxygens (including phenoxy) is 1. The standard InChI is InChI=1S/C24H20BrN3O3/c1-2-21(23(29)28-18-12-6-5-11-17(18)25)31-24(30)16-10-4-3-9-15(16)22-26-19-13-7-8-14-20(19)27-22/h3-14,21H,2H2,1H3,(H,26,27)(H,28,29). The maximum Gasteiger partial charge on any atom is 0.339 e. The number of hydrogen-bond donors (Lipinski definition) is 2. The molecule has 3 aromatic carbocycles. The molecule has 1 aromatic heterocycles. The summed E-state index contributed by atoms with van der Waals surface area (Å²) in [5.74, 6) is -0.395. The van der Waals surface area contributed by atoms with Gasteiger partial charge in [-0.1, -0.05) is 49.4 Å². The van der Waals surface area contributed by atoms with Gasteiger partial charge in [-0.05, 0) is 52.7 Å². The minimum atomic E-state index is -0.927. The number of aromatic nitrogens is 2. The van der Waals surface area contributed by atoms with Gasteiger partial charge in [0.05, 0.1) is 22.3 Å². The number of anilines is 1. The van der Waals surface area contributed by atoms with Crippen molar-refractivity contribution in [3.8, 4) is 11.4 Å². The van der Waals surface area contributed by atoms with Gasteiger partial charge in [-0.15, -0.1) is 0 Å². The molecule has 1 amide bonds. The maximum absolute atomic E-state index is 13.0. The highest BCUT2D eigenvalue weighted by Gasteiger charge is 2.24. The summed E-state index contributed by atoms with van der Waals surface area (Å²) in [6.07, 6.45) is -0.585. The van der Waals surface area contributed by atoms with Crippen LogP contribution in [0, 0.1) is 0 Å². The van der Waals surface area contributed by atoms with Crippen molar-refractivity contribution in [2.75, 3.05) is 5.32 Å². The number of fused-ring (bicyclic) bond motifs is 1. The number of esters is 1. The van der Waals surface area contributed by atoms with Crippen LogP contribution in [-0.4, -0.2) is 27.9 Å². The zero-order chi connectivity index (χ0) is 21.8. The van der Waals surface area contributed by atoms with Crippen molar-refractivity contribution >= 4 is 44.5 Å². The number of carbonyl (C=O) groups is 2. The van der Waals surface area contributed by atoms with Gasteiger partial charge < -0.3 is 15.0 Å². The molecule has 0 spiro atoms. The largest absolute Gasteiger partial charge is 0.449 e. The number of amides is 1. The van der Waals surface area contributed by atoms with E-state index in [9.17, 15) is 9.59 Å². The van der Waals surface area contributed by atoms with Crippen LogP contribution in [0.25, 0.3) is 22.4 Å². The van der Waals surface area contributed by atoms with E-state index in [1.807, 2.05) is 48.5 Å². The summed E-state index contributed by atoms with van der Waals surface area (Å²) in [5, 5.41) is 2.80. The van der Waals surface area contributed by atoms with Crippen LogP contribution >= 0.6 is 15.9 Å². The van der Waals surface area contributed by atoms with Gasteiger partial charge >= 0.3 is 5.97 Å². The molecular weight excluding hydrogens is 458 g/mol. The van der Waals surface area contributed by atoms with Gasteiger partial charge in [-0.25, -0.2) is 9.78 Å². The van der Waals surface area contributed by atoms with Crippen LogP contribution < -0.4 is 5.32 Å². The van der Waals surface area contributed by atoms with Gasteiger partial charge in [-0.2, -0.15) is 0 Å². The van der Waals surface area contributed by atoms with E-state index in [1.165, 1.54) is 0 Å². The summed E-state index contributed by atoms with van der Waals surface area (Å²) >= 11 is 3.40. The van der Waals surface area contributed by atoms with Gasteiger partial charge in [-0.3, -0.25) is 4.79 Å². The first-order chi connectivity index (χ1) is 15.1. The molecule has 0 saturated heterocycles.